The Kier molecular flexibility index (Phi) is 7.13. The molecular formula is C23H28FNO4S. The predicted molar refractivity (Wildman–Crippen MR) is 114 cm³/mol. The average molecular weight is 434 g/mol. The number of rotatable bonds is 9. The highest BCUT2D eigenvalue weighted by atomic mass is 32.2. The van der Waals surface area contributed by atoms with E-state index in [0.717, 1.165) is 37.5 Å². The predicted octanol–water partition coefficient (Wildman–Crippen LogP) is 4.02. The fourth-order valence-corrected chi connectivity index (χ4v) is 4.62. The summed E-state index contributed by atoms with van der Waals surface area (Å²) in [4.78, 5) is 12.5. The lowest BCUT2D eigenvalue weighted by Gasteiger charge is -2.30. The van der Waals surface area contributed by atoms with Gasteiger partial charge in [0.2, 0.25) is 5.91 Å². The Bertz CT molecular complexity index is 950. The number of halogens is 1. The molecular weight excluding hydrogens is 405 g/mol. The fourth-order valence-electron chi connectivity index (χ4n) is 3.98. The van der Waals surface area contributed by atoms with E-state index in [-0.39, 0.29) is 22.0 Å². The number of hydrogen-bond acceptors (Lipinski definition) is 4. The number of sulfone groups is 1. The summed E-state index contributed by atoms with van der Waals surface area (Å²) in [6.45, 7) is 0.931. The van der Waals surface area contributed by atoms with Crippen LogP contribution < -0.4 is 10.1 Å². The maximum absolute atomic E-state index is 13.3. The standard InChI is InChI=1S/C23H28FNO4S/c1-30(27,28)21-12-10-20(11-13-21)29-16-4-5-22(26)25-17-23(14-2-3-15-23)18-6-8-19(24)9-7-18/h6-13H,2-5,14-17H2,1H3,(H,25,26). The van der Waals surface area contributed by atoms with E-state index in [1.807, 2.05) is 12.1 Å². The van der Waals surface area contributed by atoms with Crippen LogP contribution in [0.15, 0.2) is 53.4 Å². The minimum Gasteiger partial charge on any atom is -0.494 e. The summed E-state index contributed by atoms with van der Waals surface area (Å²) in [5.41, 5.74) is 0.976. The fraction of sp³-hybridized carbons (Fsp3) is 0.435. The molecule has 0 atom stereocenters. The SMILES string of the molecule is CS(=O)(=O)c1ccc(OCCCC(=O)NCC2(c3ccc(F)cc3)CCCC2)cc1. The van der Waals surface area contributed by atoms with Gasteiger partial charge in [0.05, 0.1) is 11.5 Å². The van der Waals surface area contributed by atoms with Crippen LogP contribution in [0.4, 0.5) is 4.39 Å². The van der Waals surface area contributed by atoms with Crippen molar-refractivity contribution in [3.8, 4) is 5.75 Å². The van der Waals surface area contributed by atoms with Crippen LogP contribution in [0.25, 0.3) is 0 Å². The average Bonchev–Trinajstić information content (AvgIpc) is 3.20. The first-order valence-corrected chi connectivity index (χ1v) is 12.1. The van der Waals surface area contributed by atoms with Gasteiger partial charge in [-0.2, -0.15) is 0 Å². The lowest BCUT2D eigenvalue weighted by molar-refractivity contribution is -0.121. The number of hydrogen-bond donors (Lipinski definition) is 1. The molecule has 2 aromatic rings. The van der Waals surface area contributed by atoms with Gasteiger partial charge < -0.3 is 10.1 Å². The number of carbonyl (C=O) groups excluding carboxylic acids is 1. The first kappa shape index (κ1) is 22.3. The monoisotopic (exact) mass is 433 g/mol. The third kappa shape index (κ3) is 5.81. The van der Waals surface area contributed by atoms with Crippen LogP contribution in [0.5, 0.6) is 5.75 Å². The molecule has 1 saturated carbocycles. The maximum atomic E-state index is 13.3. The van der Waals surface area contributed by atoms with Gasteiger partial charge in [-0.05, 0) is 61.2 Å². The van der Waals surface area contributed by atoms with Gasteiger partial charge in [-0.3, -0.25) is 4.79 Å². The van der Waals surface area contributed by atoms with Crippen molar-refractivity contribution in [2.75, 3.05) is 19.4 Å². The van der Waals surface area contributed by atoms with Gasteiger partial charge in [-0.25, -0.2) is 12.8 Å². The number of amides is 1. The van der Waals surface area contributed by atoms with Gasteiger partial charge in [0.1, 0.15) is 11.6 Å². The van der Waals surface area contributed by atoms with Gasteiger partial charge in [0, 0.05) is 24.6 Å². The molecule has 1 aliphatic rings. The van der Waals surface area contributed by atoms with Crippen LogP contribution in [-0.4, -0.2) is 33.7 Å². The summed E-state index contributed by atoms with van der Waals surface area (Å²) in [5.74, 6) is 0.297. The zero-order chi connectivity index (χ0) is 21.6. The first-order chi connectivity index (χ1) is 14.3. The first-order valence-electron chi connectivity index (χ1n) is 10.2. The van der Waals surface area contributed by atoms with Gasteiger partial charge in [-0.15, -0.1) is 0 Å². The summed E-state index contributed by atoms with van der Waals surface area (Å²) in [5, 5.41) is 3.05. The van der Waals surface area contributed by atoms with E-state index in [2.05, 4.69) is 5.32 Å². The van der Waals surface area contributed by atoms with E-state index in [1.54, 1.807) is 12.1 Å². The number of ether oxygens (including phenoxy) is 1. The van der Waals surface area contributed by atoms with Gasteiger partial charge >= 0.3 is 0 Å². The van der Waals surface area contributed by atoms with Crippen molar-refractivity contribution in [3.63, 3.8) is 0 Å². The minimum absolute atomic E-state index is 0.0283. The number of benzene rings is 2. The zero-order valence-electron chi connectivity index (χ0n) is 17.2. The van der Waals surface area contributed by atoms with Crippen molar-refractivity contribution in [3.05, 3.63) is 59.9 Å². The third-order valence-corrected chi connectivity index (χ3v) is 6.84. The molecule has 0 radical (unpaired) electrons. The molecule has 7 heteroatoms. The van der Waals surface area contributed by atoms with E-state index < -0.39 is 9.84 Å². The molecule has 3 rings (SSSR count). The molecule has 30 heavy (non-hydrogen) atoms. The Morgan fingerprint density at radius 2 is 1.70 bits per heavy atom. The van der Waals surface area contributed by atoms with Crippen molar-refractivity contribution >= 4 is 15.7 Å². The molecule has 1 aliphatic carbocycles. The Hall–Kier alpha value is -2.41. The molecule has 0 unspecified atom stereocenters. The Morgan fingerprint density at radius 3 is 2.30 bits per heavy atom. The van der Waals surface area contributed by atoms with Crippen molar-refractivity contribution < 1.29 is 22.3 Å². The molecule has 0 spiro atoms. The maximum Gasteiger partial charge on any atom is 0.220 e. The van der Waals surface area contributed by atoms with Crippen molar-refractivity contribution in [1.82, 2.24) is 5.32 Å². The van der Waals surface area contributed by atoms with Crippen LogP contribution in [0.1, 0.15) is 44.1 Å². The third-order valence-electron chi connectivity index (χ3n) is 5.71. The van der Waals surface area contributed by atoms with E-state index in [9.17, 15) is 17.6 Å². The molecule has 1 N–H and O–H groups in total. The molecule has 1 fully saturated rings. The summed E-state index contributed by atoms with van der Waals surface area (Å²) in [7, 11) is -3.22. The molecule has 0 saturated heterocycles. The second-order valence-electron chi connectivity index (χ2n) is 7.97. The molecule has 162 valence electrons. The highest BCUT2D eigenvalue weighted by molar-refractivity contribution is 7.90. The van der Waals surface area contributed by atoms with Gasteiger partial charge in [0.25, 0.3) is 0 Å². The number of carbonyl (C=O) groups is 1. The van der Waals surface area contributed by atoms with Crippen LogP contribution in [0.2, 0.25) is 0 Å². The molecule has 0 heterocycles. The topological polar surface area (TPSA) is 72.5 Å². The summed E-state index contributed by atoms with van der Waals surface area (Å²) >= 11 is 0. The number of nitrogens with one attached hydrogen (secondary N) is 1. The Morgan fingerprint density at radius 1 is 1.07 bits per heavy atom. The van der Waals surface area contributed by atoms with Crippen LogP contribution in [-0.2, 0) is 20.0 Å². The quantitative estimate of drug-likeness (QED) is 0.607. The van der Waals surface area contributed by atoms with E-state index in [4.69, 9.17) is 4.74 Å². The van der Waals surface area contributed by atoms with E-state index in [1.165, 1.54) is 24.3 Å². The highest BCUT2D eigenvalue weighted by Gasteiger charge is 2.35. The van der Waals surface area contributed by atoms with E-state index >= 15 is 0 Å². The zero-order valence-corrected chi connectivity index (χ0v) is 18.0. The summed E-state index contributed by atoms with van der Waals surface area (Å²) in [6.07, 6.45) is 6.27. The lowest BCUT2D eigenvalue weighted by Crippen LogP contribution is -2.39. The molecule has 1 amide bonds. The van der Waals surface area contributed by atoms with Crippen LogP contribution in [0, 0.1) is 5.82 Å². The minimum atomic E-state index is -3.22. The normalized spacial score (nSPS) is 15.7. The van der Waals surface area contributed by atoms with Crippen molar-refractivity contribution in [2.24, 2.45) is 0 Å². The smallest absolute Gasteiger partial charge is 0.220 e. The van der Waals surface area contributed by atoms with Gasteiger partial charge in [-0.1, -0.05) is 25.0 Å². The van der Waals surface area contributed by atoms with E-state index in [0.29, 0.717) is 31.7 Å². The second-order valence-corrected chi connectivity index (χ2v) is 9.98. The van der Waals surface area contributed by atoms with Gasteiger partial charge in [0.15, 0.2) is 9.84 Å². The molecule has 0 aliphatic heterocycles. The van der Waals surface area contributed by atoms with Crippen LogP contribution in [0.3, 0.4) is 0 Å². The molecule has 5 nitrogen and oxygen atoms in total. The molecule has 0 bridgehead atoms. The molecule has 2 aromatic carbocycles. The van der Waals surface area contributed by atoms with Crippen molar-refractivity contribution in [2.45, 2.75) is 48.8 Å². The Balaban J connectivity index is 1.43. The summed E-state index contributed by atoms with van der Waals surface area (Å²) < 4.78 is 41.8. The second kappa shape index (κ2) is 9.60. The highest BCUT2D eigenvalue weighted by Crippen LogP contribution is 2.40. The van der Waals surface area contributed by atoms with Crippen LogP contribution >= 0.6 is 0 Å². The summed E-state index contributed by atoms with van der Waals surface area (Å²) in [6, 6.07) is 12.9. The molecule has 0 aromatic heterocycles. The lowest BCUT2D eigenvalue weighted by atomic mass is 9.79. The van der Waals surface area contributed by atoms with Crippen molar-refractivity contribution in [1.29, 1.82) is 0 Å². The Labute approximate surface area is 177 Å². The largest absolute Gasteiger partial charge is 0.494 e.